The Morgan fingerprint density at radius 3 is 2.64 bits per heavy atom. The van der Waals surface area contributed by atoms with E-state index in [9.17, 15) is 0 Å². The Labute approximate surface area is 136 Å². The van der Waals surface area contributed by atoms with Crippen molar-refractivity contribution in [3.8, 4) is 11.8 Å². The third-order valence-corrected chi connectivity index (χ3v) is 3.33. The Morgan fingerprint density at radius 2 is 2.00 bits per heavy atom. The Kier molecular flexibility index (Phi) is 7.15. The third kappa shape index (κ3) is 7.29. The molecule has 0 bridgehead atoms. The third-order valence-electron chi connectivity index (χ3n) is 3.33. The van der Waals surface area contributed by atoms with Crippen LogP contribution in [-0.4, -0.2) is 18.5 Å². The van der Waals surface area contributed by atoms with E-state index in [1.165, 1.54) is 16.7 Å². The molecule has 1 aromatic carbocycles. The smallest absolute Gasteiger partial charge is 0.0234 e. The van der Waals surface area contributed by atoms with Crippen LogP contribution in [0.1, 0.15) is 45.7 Å². The summed E-state index contributed by atoms with van der Waals surface area (Å²) in [5.74, 6) is 6.32. The summed E-state index contributed by atoms with van der Waals surface area (Å²) in [5, 5.41) is 0. The van der Waals surface area contributed by atoms with Gasteiger partial charge in [-0.3, -0.25) is 4.90 Å². The van der Waals surface area contributed by atoms with Crippen LogP contribution in [-0.2, 0) is 6.54 Å². The normalized spacial score (nSPS) is 12.6. The molecule has 0 atom stereocenters. The van der Waals surface area contributed by atoms with Crippen molar-refractivity contribution in [2.75, 3.05) is 13.6 Å². The molecule has 1 rings (SSSR count). The molecule has 0 amide bonds. The molecule has 0 unspecified atom stereocenters. The fraction of sp³-hybridized carbons (Fsp3) is 0.429. The summed E-state index contributed by atoms with van der Waals surface area (Å²) in [7, 11) is 2.14. The first kappa shape index (κ1) is 18.3. The van der Waals surface area contributed by atoms with Gasteiger partial charge in [-0.1, -0.05) is 48.3 Å². The van der Waals surface area contributed by atoms with Crippen molar-refractivity contribution < 1.29 is 0 Å². The first-order chi connectivity index (χ1) is 10.3. The van der Waals surface area contributed by atoms with E-state index in [1.54, 1.807) is 0 Å². The Bertz CT molecular complexity index is 588. The number of hydrogen-bond acceptors (Lipinski definition) is 1. The van der Waals surface area contributed by atoms with Gasteiger partial charge >= 0.3 is 0 Å². The molecule has 0 saturated carbocycles. The van der Waals surface area contributed by atoms with Crippen LogP contribution in [0.25, 0.3) is 5.57 Å². The fourth-order valence-electron chi connectivity index (χ4n) is 2.01. The van der Waals surface area contributed by atoms with E-state index in [4.69, 9.17) is 0 Å². The molecule has 0 fully saturated rings. The number of nitrogens with zero attached hydrogens (tertiary/aromatic N) is 1. The molecule has 22 heavy (non-hydrogen) atoms. The number of hydrogen-bond donors (Lipinski definition) is 0. The highest BCUT2D eigenvalue weighted by Gasteiger charge is 2.02. The number of rotatable bonds is 5. The summed E-state index contributed by atoms with van der Waals surface area (Å²) in [6, 6.07) is 8.76. The van der Waals surface area contributed by atoms with Gasteiger partial charge in [0.2, 0.25) is 0 Å². The van der Waals surface area contributed by atoms with E-state index >= 15 is 0 Å². The van der Waals surface area contributed by atoms with E-state index in [1.807, 2.05) is 6.08 Å². The van der Waals surface area contributed by atoms with Gasteiger partial charge in [-0.15, -0.1) is 0 Å². The molecular formula is C21H29N. The highest BCUT2D eigenvalue weighted by Crippen LogP contribution is 2.16. The summed E-state index contributed by atoms with van der Waals surface area (Å²) in [6.07, 6.45) is 6.24. The standard InChI is InChI=1S/C21H29N/c1-7-18(2)20-13-11-12-19(16-20)17-22(6)15-10-8-9-14-21(3,4)5/h7-8,10-13,16H,15,17H2,1-6H3/b10-8-,18-7?. The van der Waals surface area contributed by atoms with E-state index in [0.29, 0.717) is 0 Å². The topological polar surface area (TPSA) is 3.24 Å². The quantitative estimate of drug-likeness (QED) is 0.679. The molecule has 0 aromatic heterocycles. The summed E-state index contributed by atoms with van der Waals surface area (Å²) < 4.78 is 0. The average Bonchev–Trinajstić information content (AvgIpc) is 2.45. The van der Waals surface area contributed by atoms with Gasteiger partial charge in [-0.2, -0.15) is 0 Å². The summed E-state index contributed by atoms with van der Waals surface area (Å²) >= 11 is 0. The molecule has 0 aliphatic carbocycles. The minimum atomic E-state index is 0.0708. The maximum Gasteiger partial charge on any atom is 0.0234 e. The lowest BCUT2D eigenvalue weighted by Crippen LogP contribution is -2.17. The number of likely N-dealkylation sites (N-methyl/N-ethyl adjacent to an activating group) is 1. The van der Waals surface area contributed by atoms with Gasteiger partial charge in [-0.05, 0) is 64.4 Å². The maximum atomic E-state index is 3.21. The van der Waals surface area contributed by atoms with Crippen LogP contribution in [0, 0.1) is 17.3 Å². The largest absolute Gasteiger partial charge is 0.298 e. The van der Waals surface area contributed by atoms with Gasteiger partial charge in [0, 0.05) is 18.5 Å². The minimum absolute atomic E-state index is 0.0708. The second-order valence-corrected chi connectivity index (χ2v) is 6.79. The molecule has 1 aromatic rings. The van der Waals surface area contributed by atoms with Crippen LogP contribution in [0.5, 0.6) is 0 Å². The Balaban J connectivity index is 2.57. The predicted molar refractivity (Wildman–Crippen MR) is 98.5 cm³/mol. The van der Waals surface area contributed by atoms with Gasteiger partial charge in [0.05, 0.1) is 0 Å². The second kappa shape index (κ2) is 8.61. The van der Waals surface area contributed by atoms with Crippen molar-refractivity contribution >= 4 is 5.57 Å². The van der Waals surface area contributed by atoms with Crippen molar-refractivity contribution in [1.29, 1.82) is 0 Å². The highest BCUT2D eigenvalue weighted by molar-refractivity contribution is 5.63. The molecule has 0 heterocycles. The lowest BCUT2D eigenvalue weighted by atomic mass is 9.98. The summed E-state index contributed by atoms with van der Waals surface area (Å²) in [4.78, 5) is 2.29. The van der Waals surface area contributed by atoms with Crippen molar-refractivity contribution in [2.45, 2.75) is 41.2 Å². The summed E-state index contributed by atoms with van der Waals surface area (Å²) in [6.45, 7) is 12.5. The Morgan fingerprint density at radius 1 is 1.27 bits per heavy atom. The first-order valence-electron chi connectivity index (χ1n) is 7.90. The number of benzene rings is 1. The van der Waals surface area contributed by atoms with E-state index in [-0.39, 0.29) is 5.41 Å². The van der Waals surface area contributed by atoms with Crippen molar-refractivity contribution in [3.63, 3.8) is 0 Å². The van der Waals surface area contributed by atoms with Crippen molar-refractivity contribution in [1.82, 2.24) is 4.90 Å². The zero-order valence-electron chi connectivity index (χ0n) is 14.9. The zero-order chi connectivity index (χ0) is 16.6. The second-order valence-electron chi connectivity index (χ2n) is 6.79. The van der Waals surface area contributed by atoms with Crippen LogP contribution >= 0.6 is 0 Å². The molecule has 1 heteroatoms. The molecule has 118 valence electrons. The molecule has 0 radical (unpaired) electrons. The number of allylic oxidation sites excluding steroid dienone is 3. The van der Waals surface area contributed by atoms with E-state index in [0.717, 1.165) is 13.1 Å². The van der Waals surface area contributed by atoms with Crippen LogP contribution in [0.15, 0.2) is 42.5 Å². The fourth-order valence-corrected chi connectivity index (χ4v) is 2.01. The van der Waals surface area contributed by atoms with Crippen LogP contribution < -0.4 is 0 Å². The van der Waals surface area contributed by atoms with Crippen LogP contribution in [0.2, 0.25) is 0 Å². The predicted octanol–water partition coefficient (Wildman–Crippen LogP) is 5.15. The van der Waals surface area contributed by atoms with E-state index < -0.39 is 0 Å². The zero-order valence-corrected chi connectivity index (χ0v) is 14.9. The molecule has 0 aliphatic rings. The first-order valence-corrected chi connectivity index (χ1v) is 7.90. The summed E-state index contributed by atoms with van der Waals surface area (Å²) in [5.41, 5.74) is 4.04. The van der Waals surface area contributed by atoms with Gasteiger partial charge in [0.25, 0.3) is 0 Å². The average molecular weight is 295 g/mol. The molecule has 0 aliphatic heterocycles. The van der Waals surface area contributed by atoms with Crippen molar-refractivity contribution in [2.24, 2.45) is 5.41 Å². The van der Waals surface area contributed by atoms with Gasteiger partial charge in [0.15, 0.2) is 0 Å². The van der Waals surface area contributed by atoms with Crippen LogP contribution in [0.4, 0.5) is 0 Å². The van der Waals surface area contributed by atoms with Gasteiger partial charge in [0.1, 0.15) is 0 Å². The molecular weight excluding hydrogens is 266 g/mol. The lowest BCUT2D eigenvalue weighted by Gasteiger charge is -2.15. The van der Waals surface area contributed by atoms with Crippen LogP contribution in [0.3, 0.4) is 0 Å². The van der Waals surface area contributed by atoms with Gasteiger partial charge < -0.3 is 0 Å². The van der Waals surface area contributed by atoms with Crippen molar-refractivity contribution in [3.05, 3.63) is 53.6 Å². The monoisotopic (exact) mass is 295 g/mol. The minimum Gasteiger partial charge on any atom is -0.298 e. The molecule has 0 N–H and O–H groups in total. The lowest BCUT2D eigenvalue weighted by molar-refractivity contribution is 0.363. The molecule has 0 saturated heterocycles. The SMILES string of the molecule is CC=C(C)c1cccc(CN(C)C/C=C\C#CC(C)(C)C)c1. The maximum absolute atomic E-state index is 3.21. The molecule has 1 nitrogen and oxygen atoms in total. The van der Waals surface area contributed by atoms with Gasteiger partial charge in [-0.25, -0.2) is 0 Å². The van der Waals surface area contributed by atoms with E-state index in [2.05, 4.69) is 94.8 Å². The highest BCUT2D eigenvalue weighted by atomic mass is 15.1. The molecule has 0 spiro atoms. The Hall–Kier alpha value is -1.78.